The molecule has 0 aliphatic carbocycles. The lowest BCUT2D eigenvalue weighted by Crippen LogP contribution is -2.12. The molecule has 0 amide bonds. The molecule has 110 valence electrons. The minimum atomic E-state index is -4.41. The molecule has 4 heteroatoms. The van der Waals surface area contributed by atoms with E-state index in [4.69, 9.17) is 4.74 Å². The molecule has 0 aromatic heterocycles. The first kappa shape index (κ1) is 15.2. The van der Waals surface area contributed by atoms with Crippen LogP contribution in [0, 0.1) is 0 Å². The van der Waals surface area contributed by atoms with Crippen molar-refractivity contribution >= 4 is 11.1 Å². The molecule has 0 saturated carbocycles. The predicted octanol–water partition coefficient (Wildman–Crippen LogP) is 5.19. The zero-order valence-corrected chi connectivity index (χ0v) is 11.7. The van der Waals surface area contributed by atoms with Crippen molar-refractivity contribution in [2.75, 3.05) is 7.11 Å². The van der Waals surface area contributed by atoms with Crippen molar-refractivity contribution in [1.82, 2.24) is 0 Å². The van der Waals surface area contributed by atoms with Gasteiger partial charge >= 0.3 is 6.18 Å². The van der Waals surface area contributed by atoms with Crippen LogP contribution in [0.15, 0.2) is 54.6 Å². The molecule has 1 nitrogen and oxygen atoms in total. The number of hydrogen-bond acceptors (Lipinski definition) is 1. The number of halogens is 3. The molecule has 2 aromatic rings. The first-order valence-corrected chi connectivity index (χ1v) is 6.41. The number of allylic oxidation sites excluding steroid dienone is 2. The number of hydrogen-bond donors (Lipinski definition) is 0. The summed E-state index contributed by atoms with van der Waals surface area (Å²) in [4.78, 5) is 0. The van der Waals surface area contributed by atoms with Crippen molar-refractivity contribution < 1.29 is 17.9 Å². The van der Waals surface area contributed by atoms with Crippen LogP contribution < -0.4 is 4.74 Å². The molecule has 2 aromatic carbocycles. The summed E-state index contributed by atoms with van der Waals surface area (Å²) in [5, 5.41) is 0. The van der Waals surface area contributed by atoms with Crippen molar-refractivity contribution in [2.24, 2.45) is 0 Å². The van der Waals surface area contributed by atoms with E-state index < -0.39 is 11.7 Å². The Kier molecular flexibility index (Phi) is 4.36. The molecule has 0 radical (unpaired) electrons. The lowest BCUT2D eigenvalue weighted by molar-refractivity contribution is -0.0685. The van der Waals surface area contributed by atoms with Crippen LogP contribution in [0.1, 0.15) is 18.1 Å². The smallest absolute Gasteiger partial charge is 0.417 e. The van der Waals surface area contributed by atoms with E-state index in [1.807, 2.05) is 0 Å². The summed E-state index contributed by atoms with van der Waals surface area (Å²) in [6.45, 7) is 1.48. The Bertz CT molecular complexity index is 625. The molecule has 21 heavy (non-hydrogen) atoms. The van der Waals surface area contributed by atoms with Gasteiger partial charge in [-0.05, 0) is 35.8 Å². The number of methoxy groups -OCH3 is 1. The van der Waals surface area contributed by atoms with Gasteiger partial charge in [0.2, 0.25) is 0 Å². The first-order chi connectivity index (χ1) is 9.93. The highest BCUT2D eigenvalue weighted by Crippen LogP contribution is 2.39. The summed E-state index contributed by atoms with van der Waals surface area (Å²) in [6, 6.07) is 14.4. The average Bonchev–Trinajstić information content (AvgIpc) is 2.47. The first-order valence-electron chi connectivity index (χ1n) is 6.41. The van der Waals surface area contributed by atoms with Gasteiger partial charge < -0.3 is 4.74 Å². The fourth-order valence-electron chi connectivity index (χ4n) is 2.18. The summed E-state index contributed by atoms with van der Waals surface area (Å²) in [5.41, 5.74) is 0.259. The monoisotopic (exact) mass is 292 g/mol. The molecule has 0 spiro atoms. The number of rotatable bonds is 3. The van der Waals surface area contributed by atoms with Crippen LogP contribution in [0.3, 0.4) is 0 Å². The quantitative estimate of drug-likeness (QED) is 0.707. The van der Waals surface area contributed by atoms with Crippen molar-refractivity contribution in [3.8, 4) is 5.75 Å². The molecule has 0 bridgehead atoms. The van der Waals surface area contributed by atoms with E-state index in [2.05, 4.69) is 0 Å². The summed E-state index contributed by atoms with van der Waals surface area (Å²) in [5.74, 6) is 0.611. The predicted molar refractivity (Wildman–Crippen MR) is 78.0 cm³/mol. The normalized spacial score (nSPS) is 12.8. The van der Waals surface area contributed by atoms with Crippen molar-refractivity contribution in [2.45, 2.75) is 13.1 Å². The molecular formula is C17H15F3O. The maximum Gasteiger partial charge on any atom is 0.417 e. The van der Waals surface area contributed by atoms with Crippen molar-refractivity contribution in [1.29, 1.82) is 0 Å². The maximum absolute atomic E-state index is 13.4. The van der Waals surface area contributed by atoms with E-state index in [9.17, 15) is 13.2 Å². The Morgan fingerprint density at radius 1 is 0.857 bits per heavy atom. The van der Waals surface area contributed by atoms with Crippen LogP contribution in [0.5, 0.6) is 5.75 Å². The van der Waals surface area contributed by atoms with E-state index in [1.54, 1.807) is 42.5 Å². The Morgan fingerprint density at radius 2 is 1.43 bits per heavy atom. The van der Waals surface area contributed by atoms with Gasteiger partial charge in [0.05, 0.1) is 12.7 Å². The third kappa shape index (κ3) is 3.45. The third-order valence-corrected chi connectivity index (χ3v) is 3.24. The highest BCUT2D eigenvalue weighted by molar-refractivity contribution is 5.92. The second-order valence-electron chi connectivity index (χ2n) is 4.59. The van der Waals surface area contributed by atoms with Crippen LogP contribution in [-0.2, 0) is 0 Å². The van der Waals surface area contributed by atoms with Crippen molar-refractivity contribution in [3.63, 3.8) is 0 Å². The fourth-order valence-corrected chi connectivity index (χ4v) is 2.18. The van der Waals surface area contributed by atoms with Crippen LogP contribution >= 0.6 is 0 Å². The lowest BCUT2D eigenvalue weighted by atomic mass is 9.95. The largest absolute Gasteiger partial charge is 0.497 e. The molecule has 0 heterocycles. The molecule has 0 atom stereocenters. The van der Waals surface area contributed by atoms with Gasteiger partial charge in [0.15, 0.2) is 0 Å². The molecule has 0 aliphatic rings. The Labute approximate surface area is 121 Å². The van der Waals surface area contributed by atoms with Crippen LogP contribution in [0.25, 0.3) is 11.1 Å². The van der Waals surface area contributed by atoms with Crippen LogP contribution in [0.2, 0.25) is 0 Å². The molecule has 0 N–H and O–H groups in total. The topological polar surface area (TPSA) is 9.23 Å². The summed E-state index contributed by atoms with van der Waals surface area (Å²) >= 11 is 0. The minimum absolute atomic E-state index is 0.165. The lowest BCUT2D eigenvalue weighted by Gasteiger charge is -2.16. The van der Waals surface area contributed by atoms with Gasteiger partial charge in [-0.2, -0.15) is 13.2 Å². The van der Waals surface area contributed by atoms with Gasteiger partial charge in [0, 0.05) is 0 Å². The highest BCUT2D eigenvalue weighted by atomic mass is 19.4. The Hall–Kier alpha value is -2.23. The Balaban J connectivity index is 2.57. The van der Waals surface area contributed by atoms with E-state index in [1.165, 1.54) is 26.2 Å². The fraction of sp³-hybridized carbons (Fsp3) is 0.176. The maximum atomic E-state index is 13.4. The molecule has 2 rings (SSSR count). The molecule has 0 saturated heterocycles. The second kappa shape index (κ2) is 6.04. The van der Waals surface area contributed by atoms with E-state index in [-0.39, 0.29) is 11.1 Å². The molecule has 0 aliphatic heterocycles. The summed E-state index contributed by atoms with van der Waals surface area (Å²) in [6.07, 6.45) is -4.41. The van der Waals surface area contributed by atoms with Gasteiger partial charge in [0.25, 0.3) is 0 Å². The number of alkyl halides is 3. The average molecular weight is 292 g/mol. The standard InChI is InChI=1S/C17H15F3O/c1-12(13-8-10-15(21-2)11-9-13)16(17(18,19)20)14-6-4-3-5-7-14/h3-11H,1-2H3/b16-12-. The van der Waals surface area contributed by atoms with Gasteiger partial charge in [-0.3, -0.25) is 0 Å². The zero-order chi connectivity index (χ0) is 15.5. The van der Waals surface area contributed by atoms with Crippen LogP contribution in [-0.4, -0.2) is 13.3 Å². The Morgan fingerprint density at radius 3 is 1.90 bits per heavy atom. The highest BCUT2D eigenvalue weighted by Gasteiger charge is 2.36. The number of ether oxygens (including phenoxy) is 1. The third-order valence-electron chi connectivity index (χ3n) is 3.24. The van der Waals surface area contributed by atoms with Gasteiger partial charge in [-0.25, -0.2) is 0 Å². The van der Waals surface area contributed by atoms with Gasteiger partial charge in [-0.1, -0.05) is 42.5 Å². The second-order valence-corrected chi connectivity index (χ2v) is 4.59. The van der Waals surface area contributed by atoms with Gasteiger partial charge in [-0.15, -0.1) is 0 Å². The summed E-state index contributed by atoms with van der Waals surface area (Å²) in [7, 11) is 1.52. The van der Waals surface area contributed by atoms with Gasteiger partial charge in [0.1, 0.15) is 5.75 Å². The summed E-state index contributed by atoms with van der Waals surface area (Å²) < 4.78 is 45.2. The molecule has 0 fully saturated rings. The van der Waals surface area contributed by atoms with E-state index >= 15 is 0 Å². The van der Waals surface area contributed by atoms with E-state index in [0.717, 1.165) is 0 Å². The number of benzene rings is 2. The molecule has 0 unspecified atom stereocenters. The SMILES string of the molecule is COc1ccc(/C(C)=C(/c2ccccc2)C(F)(F)F)cc1. The van der Waals surface area contributed by atoms with Crippen molar-refractivity contribution in [3.05, 3.63) is 65.7 Å². The van der Waals surface area contributed by atoms with E-state index in [0.29, 0.717) is 11.3 Å². The van der Waals surface area contributed by atoms with Crippen LogP contribution in [0.4, 0.5) is 13.2 Å². The minimum Gasteiger partial charge on any atom is -0.497 e. The zero-order valence-electron chi connectivity index (χ0n) is 11.7. The molecular weight excluding hydrogens is 277 g/mol.